The molecule has 4 saturated carbocycles. The molecule has 2 aromatic heterocycles. The summed E-state index contributed by atoms with van der Waals surface area (Å²) in [5.74, 6) is 3.59. The molecule has 8 rings (SSSR count). The average Bonchev–Trinajstić information content (AvgIpc) is 3.30. The summed E-state index contributed by atoms with van der Waals surface area (Å²) in [5.41, 5.74) is 4.23. The van der Waals surface area contributed by atoms with Crippen molar-refractivity contribution in [1.29, 1.82) is 0 Å². The minimum Gasteiger partial charge on any atom is -0.491 e. The van der Waals surface area contributed by atoms with Crippen molar-refractivity contribution in [3.63, 3.8) is 0 Å². The summed E-state index contributed by atoms with van der Waals surface area (Å²) >= 11 is 6.65. The Morgan fingerprint density at radius 1 is 1.05 bits per heavy atom. The molecule has 0 saturated heterocycles. The van der Waals surface area contributed by atoms with E-state index in [0.29, 0.717) is 33.4 Å². The molecule has 1 amide bonds. The molecule has 0 spiro atoms. The molecule has 4 aromatic rings. The molecule has 0 atom stereocenters. The van der Waals surface area contributed by atoms with Gasteiger partial charge in [0.05, 0.1) is 27.9 Å². The van der Waals surface area contributed by atoms with Crippen molar-refractivity contribution in [2.24, 2.45) is 17.8 Å². The summed E-state index contributed by atoms with van der Waals surface area (Å²) in [5, 5.41) is 13.0. The van der Waals surface area contributed by atoms with Gasteiger partial charge in [-0.3, -0.25) is 9.20 Å². The second-order valence-corrected chi connectivity index (χ2v) is 12.5. The van der Waals surface area contributed by atoms with Gasteiger partial charge < -0.3 is 10.1 Å². The first-order valence-electron chi connectivity index (χ1n) is 13.7. The lowest BCUT2D eigenvalue weighted by atomic mass is 9.53. The number of amides is 1. The van der Waals surface area contributed by atoms with Crippen molar-refractivity contribution in [3.8, 4) is 17.1 Å². The monoisotopic (exact) mass is 529 g/mol. The Morgan fingerprint density at radius 3 is 2.45 bits per heavy atom. The van der Waals surface area contributed by atoms with Gasteiger partial charge in [-0.1, -0.05) is 11.6 Å². The maximum atomic E-state index is 13.7. The van der Waals surface area contributed by atoms with Crippen molar-refractivity contribution in [3.05, 3.63) is 52.7 Å². The smallest absolute Gasteiger partial charge is 0.251 e. The van der Waals surface area contributed by atoms with Gasteiger partial charge in [0.25, 0.3) is 5.91 Å². The Hall–Kier alpha value is -3.19. The van der Waals surface area contributed by atoms with E-state index in [0.717, 1.165) is 53.7 Å². The molecule has 2 heterocycles. The van der Waals surface area contributed by atoms with Crippen LogP contribution in [0.2, 0.25) is 5.02 Å². The molecule has 4 fully saturated rings. The fourth-order valence-electron chi connectivity index (χ4n) is 7.69. The Labute approximate surface area is 227 Å². The van der Waals surface area contributed by atoms with Crippen LogP contribution in [0.3, 0.4) is 0 Å². The Bertz CT molecular complexity index is 1560. The predicted octanol–water partition coefficient (Wildman–Crippen LogP) is 6.39. The van der Waals surface area contributed by atoms with Crippen LogP contribution in [0, 0.1) is 24.7 Å². The largest absolute Gasteiger partial charge is 0.491 e. The number of rotatable bonds is 5. The van der Waals surface area contributed by atoms with Gasteiger partial charge in [-0.2, -0.15) is 0 Å². The van der Waals surface area contributed by atoms with Gasteiger partial charge in [0.2, 0.25) is 0 Å². The summed E-state index contributed by atoms with van der Waals surface area (Å²) in [6.45, 7) is 5.89. The third-order valence-corrected chi connectivity index (χ3v) is 9.05. The topological polar surface area (TPSA) is 81.4 Å². The van der Waals surface area contributed by atoms with E-state index in [4.69, 9.17) is 21.3 Å². The minimum atomic E-state index is -0.0479. The van der Waals surface area contributed by atoms with E-state index < -0.39 is 0 Å². The number of carbonyl (C=O) groups is 1. The lowest BCUT2D eigenvalue weighted by molar-refractivity contribution is -0.0167. The number of nitrogens with one attached hydrogen (secondary N) is 1. The molecule has 4 aliphatic carbocycles. The second-order valence-electron chi connectivity index (χ2n) is 12.0. The Balaban J connectivity index is 1.31. The standard InChI is InChI=1S/C30H32ClN5O2/c1-16(2)38-22-5-6-24(31)23(12-22)28-35-34-27-17(3)32-25-7-4-21(11-26(25)36(27)28)29(37)33-30-13-18-8-19(14-30)10-20(9-18)15-30/h4-7,11-12,16,18-20H,8-10,13-15H2,1-3H3,(H,33,37). The Kier molecular flexibility index (Phi) is 5.45. The van der Waals surface area contributed by atoms with Crippen LogP contribution in [0.4, 0.5) is 0 Å². The molecule has 1 N–H and O–H groups in total. The number of aryl methyl sites for hydroxylation is 1. The van der Waals surface area contributed by atoms with Gasteiger partial charge >= 0.3 is 0 Å². The second kappa shape index (κ2) is 8.67. The van der Waals surface area contributed by atoms with Crippen LogP contribution in [-0.4, -0.2) is 37.1 Å². The van der Waals surface area contributed by atoms with Gasteiger partial charge in [0.15, 0.2) is 11.5 Å². The van der Waals surface area contributed by atoms with E-state index >= 15 is 0 Å². The first kappa shape index (κ1) is 23.9. The zero-order valence-corrected chi connectivity index (χ0v) is 22.8. The molecule has 4 bridgehead atoms. The van der Waals surface area contributed by atoms with Crippen molar-refractivity contribution in [2.45, 2.75) is 70.9 Å². The highest BCUT2D eigenvalue weighted by molar-refractivity contribution is 6.33. The highest BCUT2D eigenvalue weighted by atomic mass is 35.5. The van der Waals surface area contributed by atoms with Crippen LogP contribution in [0.1, 0.15) is 68.4 Å². The highest BCUT2D eigenvalue weighted by Gasteiger charge is 2.51. The van der Waals surface area contributed by atoms with Gasteiger partial charge in [-0.15, -0.1) is 10.2 Å². The number of aromatic nitrogens is 4. The number of hydrogen-bond acceptors (Lipinski definition) is 5. The van der Waals surface area contributed by atoms with E-state index in [1.165, 1.54) is 19.3 Å². The number of halogens is 1. The van der Waals surface area contributed by atoms with E-state index in [9.17, 15) is 4.79 Å². The normalized spacial score (nSPS) is 26.0. The maximum Gasteiger partial charge on any atom is 0.251 e. The van der Waals surface area contributed by atoms with Crippen molar-refractivity contribution in [1.82, 2.24) is 24.9 Å². The molecule has 8 heteroatoms. The molecule has 196 valence electrons. The first-order valence-corrected chi connectivity index (χ1v) is 14.1. The summed E-state index contributed by atoms with van der Waals surface area (Å²) in [6, 6.07) is 11.3. The number of nitrogens with zero attached hydrogens (tertiary/aromatic N) is 4. The van der Waals surface area contributed by atoms with Gasteiger partial charge in [0, 0.05) is 16.7 Å². The van der Waals surface area contributed by atoms with Crippen LogP contribution in [0.5, 0.6) is 5.75 Å². The fraction of sp³-hybridized carbons (Fsp3) is 0.467. The van der Waals surface area contributed by atoms with Crippen LogP contribution in [-0.2, 0) is 0 Å². The summed E-state index contributed by atoms with van der Waals surface area (Å²) in [6.07, 6.45) is 7.41. The van der Waals surface area contributed by atoms with Gasteiger partial charge in [-0.05, 0) is 113 Å². The molecule has 0 radical (unpaired) electrons. The van der Waals surface area contributed by atoms with Gasteiger partial charge in [-0.25, -0.2) is 4.98 Å². The zero-order chi connectivity index (χ0) is 26.2. The first-order chi connectivity index (χ1) is 18.3. The van der Waals surface area contributed by atoms with Crippen LogP contribution in [0.15, 0.2) is 36.4 Å². The van der Waals surface area contributed by atoms with Crippen molar-refractivity contribution < 1.29 is 9.53 Å². The van der Waals surface area contributed by atoms with Crippen LogP contribution < -0.4 is 10.1 Å². The third kappa shape index (κ3) is 3.94. The molecule has 4 aliphatic rings. The van der Waals surface area contributed by atoms with Crippen molar-refractivity contribution in [2.75, 3.05) is 0 Å². The summed E-state index contributed by atoms with van der Waals surface area (Å²) < 4.78 is 7.87. The average molecular weight is 530 g/mol. The summed E-state index contributed by atoms with van der Waals surface area (Å²) in [7, 11) is 0. The van der Waals surface area contributed by atoms with Crippen molar-refractivity contribution >= 4 is 34.2 Å². The molecular weight excluding hydrogens is 498 g/mol. The Morgan fingerprint density at radius 2 is 1.76 bits per heavy atom. The zero-order valence-electron chi connectivity index (χ0n) is 22.0. The summed E-state index contributed by atoms with van der Waals surface area (Å²) in [4.78, 5) is 18.4. The number of ether oxygens (including phenoxy) is 1. The number of benzene rings is 2. The van der Waals surface area contributed by atoms with Gasteiger partial charge in [0.1, 0.15) is 5.75 Å². The molecule has 2 aromatic carbocycles. The van der Waals surface area contributed by atoms with Crippen LogP contribution >= 0.6 is 11.6 Å². The van der Waals surface area contributed by atoms with E-state index in [-0.39, 0.29) is 17.6 Å². The molecule has 0 unspecified atom stereocenters. The number of carbonyl (C=O) groups excluding carboxylic acids is 1. The fourth-order valence-corrected chi connectivity index (χ4v) is 7.89. The van der Waals surface area contributed by atoms with E-state index in [1.54, 1.807) is 0 Å². The maximum absolute atomic E-state index is 13.7. The quantitative estimate of drug-likeness (QED) is 0.324. The molecular formula is C30H32ClN5O2. The number of hydrogen-bond donors (Lipinski definition) is 1. The predicted molar refractivity (Wildman–Crippen MR) is 148 cm³/mol. The lowest BCUT2D eigenvalue weighted by Gasteiger charge is -2.56. The minimum absolute atomic E-state index is 0.0115. The third-order valence-electron chi connectivity index (χ3n) is 8.72. The molecule has 7 nitrogen and oxygen atoms in total. The molecule has 0 aliphatic heterocycles. The van der Waals surface area contributed by atoms with E-state index in [1.807, 2.05) is 61.6 Å². The number of fused-ring (bicyclic) bond motifs is 3. The molecule has 38 heavy (non-hydrogen) atoms. The van der Waals surface area contributed by atoms with E-state index in [2.05, 4.69) is 15.5 Å². The van der Waals surface area contributed by atoms with Crippen LogP contribution in [0.25, 0.3) is 28.1 Å². The lowest BCUT2D eigenvalue weighted by Crippen LogP contribution is -2.59. The highest BCUT2D eigenvalue weighted by Crippen LogP contribution is 2.55. The SMILES string of the molecule is Cc1nc2ccc(C(=O)NC34CC5CC(CC(C5)C3)C4)cc2n2c(-c3cc(OC(C)C)ccc3Cl)nnc12.